The van der Waals surface area contributed by atoms with E-state index in [1.807, 2.05) is 11.9 Å². The number of rotatable bonds is 1. The quantitative estimate of drug-likeness (QED) is 0.817. The molecule has 0 radical (unpaired) electrons. The first-order valence-corrected chi connectivity index (χ1v) is 7.13. The summed E-state index contributed by atoms with van der Waals surface area (Å²) in [4.78, 5) is 21.1. The van der Waals surface area contributed by atoms with Crippen molar-refractivity contribution in [2.24, 2.45) is 0 Å². The number of amides is 1. The van der Waals surface area contributed by atoms with Gasteiger partial charge in [0.15, 0.2) is 5.13 Å². The van der Waals surface area contributed by atoms with Gasteiger partial charge in [-0.2, -0.15) is 0 Å². The topological polar surface area (TPSA) is 56.7 Å². The highest BCUT2D eigenvalue weighted by Crippen LogP contribution is 2.37. The third-order valence-electron chi connectivity index (χ3n) is 3.64. The van der Waals surface area contributed by atoms with Crippen molar-refractivity contribution in [3.8, 4) is 0 Å². The third-order valence-corrected chi connectivity index (χ3v) is 4.90. The third kappa shape index (κ3) is 1.99. The Bertz CT molecular complexity index is 474. The van der Waals surface area contributed by atoms with Crippen LogP contribution in [0.3, 0.4) is 0 Å². The number of carbonyl (C=O) groups excluding carboxylic acids is 1. The minimum Gasteiger partial charge on any atom is -0.388 e. The van der Waals surface area contributed by atoms with Gasteiger partial charge in [-0.05, 0) is 19.3 Å². The molecule has 1 saturated heterocycles. The van der Waals surface area contributed by atoms with Gasteiger partial charge in [0.05, 0.1) is 23.2 Å². The van der Waals surface area contributed by atoms with Gasteiger partial charge in [-0.1, -0.05) is 11.3 Å². The highest BCUT2D eigenvalue weighted by Gasteiger charge is 2.27. The Morgan fingerprint density at radius 2 is 2.28 bits per heavy atom. The van der Waals surface area contributed by atoms with Crippen LogP contribution in [0, 0.1) is 0 Å². The van der Waals surface area contributed by atoms with E-state index in [1.54, 1.807) is 16.2 Å². The Balaban J connectivity index is 1.83. The van der Waals surface area contributed by atoms with Gasteiger partial charge >= 0.3 is 0 Å². The molecule has 2 heterocycles. The number of aromatic nitrogens is 1. The highest BCUT2D eigenvalue weighted by atomic mass is 32.1. The van der Waals surface area contributed by atoms with E-state index < -0.39 is 0 Å². The van der Waals surface area contributed by atoms with E-state index in [2.05, 4.69) is 4.98 Å². The zero-order valence-electron chi connectivity index (χ0n) is 10.4. The number of aryl methyl sites for hydroxylation is 1. The molecule has 1 fully saturated rings. The number of nitrogens with zero attached hydrogens (tertiary/aromatic N) is 3. The van der Waals surface area contributed by atoms with Gasteiger partial charge in [-0.25, -0.2) is 4.98 Å². The van der Waals surface area contributed by atoms with Crippen LogP contribution in [0.25, 0.3) is 0 Å². The van der Waals surface area contributed by atoms with Crippen LogP contribution in [0.2, 0.25) is 0 Å². The fraction of sp³-hybridized carbons (Fsp3) is 0.667. The monoisotopic (exact) mass is 267 g/mol. The minimum atomic E-state index is -0.358. The Labute approximate surface area is 110 Å². The predicted molar refractivity (Wildman–Crippen MR) is 69.9 cm³/mol. The fourth-order valence-corrected chi connectivity index (χ4v) is 3.60. The maximum absolute atomic E-state index is 11.7. The number of hydrogen-bond donors (Lipinski definition) is 1. The number of fused-ring (bicyclic) bond motifs is 1. The average molecular weight is 267 g/mol. The molecule has 1 aromatic heterocycles. The van der Waals surface area contributed by atoms with Crippen molar-refractivity contribution in [3.63, 3.8) is 0 Å². The van der Waals surface area contributed by atoms with Gasteiger partial charge in [0.25, 0.3) is 0 Å². The Kier molecular flexibility index (Phi) is 2.99. The van der Waals surface area contributed by atoms with Crippen LogP contribution < -0.4 is 4.90 Å². The van der Waals surface area contributed by atoms with Crippen molar-refractivity contribution in [2.45, 2.75) is 25.4 Å². The van der Waals surface area contributed by atoms with Crippen molar-refractivity contribution >= 4 is 22.4 Å². The lowest BCUT2D eigenvalue weighted by Gasteiger charge is -2.31. The Morgan fingerprint density at radius 3 is 3.00 bits per heavy atom. The van der Waals surface area contributed by atoms with Crippen LogP contribution >= 0.6 is 11.3 Å². The summed E-state index contributed by atoms with van der Waals surface area (Å²) in [5.41, 5.74) is 1.03. The summed E-state index contributed by atoms with van der Waals surface area (Å²) in [6, 6.07) is 0. The normalized spacial score (nSPS) is 24.3. The lowest BCUT2D eigenvalue weighted by atomic mass is 10.0. The van der Waals surface area contributed by atoms with Crippen LogP contribution in [0.4, 0.5) is 5.13 Å². The van der Waals surface area contributed by atoms with E-state index in [-0.39, 0.29) is 12.0 Å². The summed E-state index contributed by atoms with van der Waals surface area (Å²) in [5.74, 6) is 0.134. The second-order valence-electron chi connectivity index (χ2n) is 4.95. The number of anilines is 1. The largest absolute Gasteiger partial charge is 0.388 e. The zero-order valence-corrected chi connectivity index (χ0v) is 11.2. The highest BCUT2D eigenvalue weighted by molar-refractivity contribution is 7.15. The number of aliphatic hydroxyl groups is 1. The van der Waals surface area contributed by atoms with E-state index in [9.17, 15) is 9.90 Å². The maximum Gasteiger partial charge on any atom is 0.241 e. The number of carbonyl (C=O) groups is 1. The Morgan fingerprint density at radius 1 is 1.44 bits per heavy atom. The molecule has 0 aromatic carbocycles. The summed E-state index contributed by atoms with van der Waals surface area (Å²) in [6.45, 7) is 1.97. The van der Waals surface area contributed by atoms with E-state index >= 15 is 0 Å². The molecule has 1 aromatic rings. The second kappa shape index (κ2) is 4.51. The number of piperazine rings is 1. The van der Waals surface area contributed by atoms with E-state index in [0.717, 1.165) is 48.1 Å². The average Bonchev–Trinajstić information content (AvgIpc) is 2.78. The predicted octanol–water partition coefficient (Wildman–Crippen LogP) is 0.791. The molecule has 1 aliphatic carbocycles. The van der Waals surface area contributed by atoms with Crippen LogP contribution in [0.5, 0.6) is 0 Å². The molecule has 1 atom stereocenters. The molecule has 18 heavy (non-hydrogen) atoms. The summed E-state index contributed by atoms with van der Waals surface area (Å²) in [6.07, 6.45) is 2.42. The molecular weight excluding hydrogens is 250 g/mol. The van der Waals surface area contributed by atoms with Crippen molar-refractivity contribution in [3.05, 3.63) is 10.6 Å². The number of aliphatic hydroxyl groups excluding tert-OH is 1. The van der Waals surface area contributed by atoms with Gasteiger partial charge in [0, 0.05) is 20.1 Å². The maximum atomic E-state index is 11.7. The van der Waals surface area contributed by atoms with Crippen LogP contribution in [0.15, 0.2) is 0 Å². The molecule has 1 aliphatic heterocycles. The molecule has 1 unspecified atom stereocenters. The van der Waals surface area contributed by atoms with Crippen molar-refractivity contribution < 1.29 is 9.90 Å². The van der Waals surface area contributed by atoms with Gasteiger partial charge < -0.3 is 14.9 Å². The van der Waals surface area contributed by atoms with Gasteiger partial charge in [-0.15, -0.1) is 0 Å². The summed E-state index contributed by atoms with van der Waals surface area (Å²) in [5, 5.41) is 10.8. The fourth-order valence-electron chi connectivity index (χ4n) is 2.44. The van der Waals surface area contributed by atoms with E-state index in [4.69, 9.17) is 0 Å². The Hall–Kier alpha value is -1.14. The van der Waals surface area contributed by atoms with E-state index in [1.165, 1.54) is 0 Å². The number of likely N-dealkylation sites (N-methyl/N-ethyl adjacent to an activating group) is 1. The first-order chi connectivity index (χ1) is 8.65. The van der Waals surface area contributed by atoms with Crippen LogP contribution in [-0.2, 0) is 11.2 Å². The molecule has 2 aliphatic rings. The number of hydrogen-bond acceptors (Lipinski definition) is 5. The van der Waals surface area contributed by atoms with Gasteiger partial charge in [0.1, 0.15) is 0 Å². The molecule has 1 N–H and O–H groups in total. The molecule has 98 valence electrons. The lowest BCUT2D eigenvalue weighted by Crippen LogP contribution is -2.48. The zero-order chi connectivity index (χ0) is 12.7. The summed E-state index contributed by atoms with van der Waals surface area (Å²) < 4.78 is 0. The van der Waals surface area contributed by atoms with Crippen molar-refractivity contribution in [1.29, 1.82) is 0 Å². The minimum absolute atomic E-state index is 0.134. The van der Waals surface area contributed by atoms with Gasteiger partial charge in [-0.3, -0.25) is 4.79 Å². The molecule has 0 saturated carbocycles. The van der Waals surface area contributed by atoms with Crippen molar-refractivity contribution in [1.82, 2.24) is 9.88 Å². The molecule has 5 nitrogen and oxygen atoms in total. The molecular formula is C12H17N3O2S. The van der Waals surface area contributed by atoms with Crippen LogP contribution in [0.1, 0.15) is 29.5 Å². The molecule has 1 amide bonds. The molecule has 3 rings (SSSR count). The molecule has 0 bridgehead atoms. The van der Waals surface area contributed by atoms with Gasteiger partial charge in [0.2, 0.25) is 5.91 Å². The standard InChI is InChI=1S/C12H17N3O2S/c1-14-5-6-15(7-10(14)17)12-13-8-3-2-4-9(16)11(8)18-12/h9,16H,2-7H2,1H3. The number of thiazole rings is 1. The smallest absolute Gasteiger partial charge is 0.241 e. The first kappa shape index (κ1) is 11.9. The SMILES string of the molecule is CN1CCN(c2nc3c(s2)C(O)CCC3)CC1=O. The molecule has 6 heteroatoms. The lowest BCUT2D eigenvalue weighted by molar-refractivity contribution is -0.129. The summed E-state index contributed by atoms with van der Waals surface area (Å²) >= 11 is 1.55. The summed E-state index contributed by atoms with van der Waals surface area (Å²) in [7, 11) is 1.83. The van der Waals surface area contributed by atoms with Crippen molar-refractivity contribution in [2.75, 3.05) is 31.6 Å². The van der Waals surface area contributed by atoms with Crippen LogP contribution in [-0.4, -0.2) is 47.6 Å². The second-order valence-corrected chi connectivity index (χ2v) is 5.96. The first-order valence-electron chi connectivity index (χ1n) is 6.31. The molecule has 0 spiro atoms. The van der Waals surface area contributed by atoms with E-state index in [0.29, 0.717) is 6.54 Å².